The normalized spacial score (nSPS) is 20.9. The maximum absolute atomic E-state index is 9.37. The second-order valence-electron chi connectivity index (χ2n) is 5.04. The highest BCUT2D eigenvalue weighted by Gasteiger charge is 2.25. The van der Waals surface area contributed by atoms with E-state index in [1.807, 2.05) is 17.8 Å². The van der Waals surface area contributed by atoms with Crippen LogP contribution in [0.4, 0.5) is 0 Å². The van der Waals surface area contributed by atoms with Gasteiger partial charge in [-0.1, -0.05) is 18.2 Å². The summed E-state index contributed by atoms with van der Waals surface area (Å²) in [5.41, 5.74) is 2.29. The topological polar surface area (TPSA) is 41.3 Å². The van der Waals surface area contributed by atoms with E-state index in [9.17, 15) is 5.11 Å². The van der Waals surface area contributed by atoms with Crippen LogP contribution in [0.15, 0.2) is 24.3 Å². The lowest BCUT2D eigenvalue weighted by atomic mass is 10.2. The molecule has 0 radical (unpaired) electrons. The first-order valence-corrected chi connectivity index (χ1v) is 6.55. The molecule has 0 amide bonds. The van der Waals surface area contributed by atoms with Gasteiger partial charge in [0, 0.05) is 25.0 Å². The minimum Gasteiger partial charge on any atom is -0.395 e. The van der Waals surface area contributed by atoms with E-state index < -0.39 is 0 Å². The van der Waals surface area contributed by atoms with Crippen molar-refractivity contribution in [1.82, 2.24) is 14.7 Å². The van der Waals surface area contributed by atoms with Gasteiger partial charge in [0.15, 0.2) is 0 Å². The van der Waals surface area contributed by atoms with Crippen LogP contribution in [0.1, 0.15) is 18.5 Å². The van der Waals surface area contributed by atoms with Gasteiger partial charge in [-0.25, -0.2) is 0 Å². The Bertz CT molecular complexity index is 549. The van der Waals surface area contributed by atoms with Crippen molar-refractivity contribution < 1.29 is 5.11 Å². The van der Waals surface area contributed by atoms with Crippen molar-refractivity contribution in [3.8, 4) is 0 Å². The molecular weight excluding hydrogens is 226 g/mol. The van der Waals surface area contributed by atoms with Crippen molar-refractivity contribution in [2.75, 3.05) is 13.2 Å². The van der Waals surface area contributed by atoms with Crippen molar-refractivity contribution in [3.05, 3.63) is 30.0 Å². The van der Waals surface area contributed by atoms with Gasteiger partial charge in [-0.2, -0.15) is 5.10 Å². The summed E-state index contributed by atoms with van der Waals surface area (Å²) in [7, 11) is 1.99. The number of para-hydroxylation sites is 1. The monoisotopic (exact) mass is 245 g/mol. The van der Waals surface area contributed by atoms with Gasteiger partial charge in [-0.3, -0.25) is 9.58 Å². The van der Waals surface area contributed by atoms with Gasteiger partial charge in [-0.15, -0.1) is 0 Å². The molecule has 1 aliphatic heterocycles. The number of aliphatic hydroxyl groups excluding tert-OH is 1. The van der Waals surface area contributed by atoms with Crippen molar-refractivity contribution in [2.45, 2.75) is 25.4 Å². The summed E-state index contributed by atoms with van der Waals surface area (Å²) in [5, 5.41) is 15.2. The summed E-state index contributed by atoms with van der Waals surface area (Å²) in [6, 6.07) is 8.63. The van der Waals surface area contributed by atoms with Crippen LogP contribution in [0.2, 0.25) is 0 Å². The zero-order valence-corrected chi connectivity index (χ0v) is 10.7. The minimum absolute atomic E-state index is 0.255. The van der Waals surface area contributed by atoms with Crippen LogP contribution in [0.25, 0.3) is 10.9 Å². The Kier molecular flexibility index (Phi) is 3.06. The number of aromatic nitrogens is 2. The Balaban J connectivity index is 1.91. The highest BCUT2D eigenvalue weighted by molar-refractivity contribution is 5.81. The zero-order chi connectivity index (χ0) is 12.5. The maximum atomic E-state index is 9.37. The molecule has 4 heteroatoms. The van der Waals surface area contributed by atoms with E-state index in [1.165, 1.54) is 17.3 Å². The van der Waals surface area contributed by atoms with Crippen LogP contribution in [-0.4, -0.2) is 39.0 Å². The smallest absolute Gasteiger partial charge is 0.0843 e. The minimum atomic E-state index is 0.255. The standard InChI is InChI=1S/C14H19N3O/c1-16-14-7-3-2-6-12(14)13(15-16)9-17-8-4-5-11(17)10-18/h2-3,6-7,11,18H,4-5,8-10H2,1H3/t11-/m0/s1. The second kappa shape index (κ2) is 4.71. The summed E-state index contributed by atoms with van der Waals surface area (Å²) in [6.07, 6.45) is 2.28. The summed E-state index contributed by atoms with van der Waals surface area (Å²) in [4.78, 5) is 2.34. The number of benzene rings is 1. The Hall–Kier alpha value is -1.39. The molecule has 1 aliphatic rings. The van der Waals surface area contributed by atoms with Crippen LogP contribution in [0, 0.1) is 0 Å². The van der Waals surface area contributed by atoms with Gasteiger partial charge in [0.1, 0.15) is 0 Å². The number of rotatable bonds is 3. The van der Waals surface area contributed by atoms with Crippen molar-refractivity contribution in [1.29, 1.82) is 0 Å². The Morgan fingerprint density at radius 3 is 3.06 bits per heavy atom. The van der Waals surface area contributed by atoms with E-state index >= 15 is 0 Å². The van der Waals surface area contributed by atoms with Gasteiger partial charge >= 0.3 is 0 Å². The van der Waals surface area contributed by atoms with Crippen molar-refractivity contribution in [2.24, 2.45) is 7.05 Å². The molecular formula is C14H19N3O. The Labute approximate surface area is 107 Å². The molecule has 1 N–H and O–H groups in total. The molecule has 3 rings (SSSR count). The van der Waals surface area contributed by atoms with Gasteiger partial charge in [0.2, 0.25) is 0 Å². The molecule has 0 spiro atoms. The lowest BCUT2D eigenvalue weighted by Crippen LogP contribution is -2.31. The molecule has 0 bridgehead atoms. The number of nitrogens with zero attached hydrogens (tertiary/aromatic N) is 3. The Morgan fingerprint density at radius 2 is 2.22 bits per heavy atom. The molecule has 1 aromatic heterocycles. The largest absolute Gasteiger partial charge is 0.395 e. The van der Waals surface area contributed by atoms with Crippen LogP contribution in [0.5, 0.6) is 0 Å². The van der Waals surface area contributed by atoms with E-state index in [-0.39, 0.29) is 6.61 Å². The number of aryl methyl sites for hydroxylation is 1. The molecule has 2 aromatic rings. The highest BCUT2D eigenvalue weighted by atomic mass is 16.3. The van der Waals surface area contributed by atoms with Crippen LogP contribution >= 0.6 is 0 Å². The quantitative estimate of drug-likeness (QED) is 0.891. The van der Waals surface area contributed by atoms with E-state index in [2.05, 4.69) is 28.2 Å². The van der Waals surface area contributed by atoms with Crippen LogP contribution < -0.4 is 0 Å². The molecule has 96 valence electrons. The lowest BCUT2D eigenvalue weighted by molar-refractivity contribution is 0.152. The molecule has 0 unspecified atom stereocenters. The molecule has 0 saturated carbocycles. The highest BCUT2D eigenvalue weighted by Crippen LogP contribution is 2.23. The van der Waals surface area contributed by atoms with Crippen LogP contribution in [0.3, 0.4) is 0 Å². The maximum Gasteiger partial charge on any atom is 0.0843 e. The SMILES string of the molecule is Cn1nc(CN2CCC[C@H]2CO)c2ccccc21. The number of likely N-dealkylation sites (tertiary alicyclic amines) is 1. The van der Waals surface area contributed by atoms with Crippen LogP contribution in [-0.2, 0) is 13.6 Å². The van der Waals surface area contributed by atoms with Gasteiger partial charge < -0.3 is 5.11 Å². The van der Waals surface area contributed by atoms with E-state index in [4.69, 9.17) is 0 Å². The number of hydrogen-bond donors (Lipinski definition) is 1. The van der Waals surface area contributed by atoms with E-state index in [0.717, 1.165) is 25.2 Å². The average Bonchev–Trinajstić information content (AvgIpc) is 2.96. The van der Waals surface area contributed by atoms with Crippen molar-refractivity contribution in [3.63, 3.8) is 0 Å². The van der Waals surface area contributed by atoms with Gasteiger partial charge in [0.25, 0.3) is 0 Å². The fraction of sp³-hybridized carbons (Fsp3) is 0.500. The fourth-order valence-electron chi connectivity index (χ4n) is 2.91. The second-order valence-corrected chi connectivity index (χ2v) is 5.04. The fourth-order valence-corrected chi connectivity index (χ4v) is 2.91. The third kappa shape index (κ3) is 1.91. The zero-order valence-electron chi connectivity index (χ0n) is 10.7. The molecule has 1 saturated heterocycles. The molecule has 18 heavy (non-hydrogen) atoms. The summed E-state index contributed by atoms with van der Waals surface area (Å²) < 4.78 is 1.94. The lowest BCUT2D eigenvalue weighted by Gasteiger charge is -2.21. The first-order valence-electron chi connectivity index (χ1n) is 6.55. The first-order chi connectivity index (χ1) is 8.79. The third-order valence-electron chi connectivity index (χ3n) is 3.90. The van der Waals surface area contributed by atoms with Gasteiger partial charge in [-0.05, 0) is 25.5 Å². The average molecular weight is 245 g/mol. The molecule has 1 aromatic carbocycles. The molecule has 2 heterocycles. The molecule has 1 fully saturated rings. The predicted octanol–water partition coefficient (Wildman–Crippen LogP) is 1.53. The van der Waals surface area contributed by atoms with Crippen molar-refractivity contribution >= 4 is 10.9 Å². The Morgan fingerprint density at radius 1 is 1.39 bits per heavy atom. The summed E-state index contributed by atoms with van der Waals surface area (Å²) in [5.74, 6) is 0. The molecule has 4 nitrogen and oxygen atoms in total. The molecule has 0 aliphatic carbocycles. The van der Waals surface area contributed by atoms with E-state index in [0.29, 0.717) is 6.04 Å². The third-order valence-corrected chi connectivity index (χ3v) is 3.90. The summed E-state index contributed by atoms with van der Waals surface area (Å²) in [6.45, 7) is 2.16. The van der Waals surface area contributed by atoms with E-state index in [1.54, 1.807) is 0 Å². The number of aliphatic hydroxyl groups is 1. The number of fused-ring (bicyclic) bond motifs is 1. The number of hydrogen-bond acceptors (Lipinski definition) is 3. The molecule has 1 atom stereocenters. The summed E-state index contributed by atoms with van der Waals surface area (Å²) >= 11 is 0. The predicted molar refractivity (Wildman–Crippen MR) is 71.2 cm³/mol. The van der Waals surface area contributed by atoms with Gasteiger partial charge in [0.05, 0.1) is 17.8 Å². The first kappa shape index (κ1) is 11.7.